The van der Waals surface area contributed by atoms with Crippen LogP contribution in [0.5, 0.6) is 5.75 Å². The number of nitrogens with zero attached hydrogens (tertiary/aromatic N) is 1. The highest BCUT2D eigenvalue weighted by atomic mass is 16.6. The van der Waals surface area contributed by atoms with Crippen LogP contribution in [0.15, 0.2) is 48.5 Å². The highest BCUT2D eigenvalue weighted by Gasteiger charge is 2.05. The fourth-order valence-corrected chi connectivity index (χ4v) is 1.68. The number of ether oxygens (including phenoxy) is 2. The Kier molecular flexibility index (Phi) is 4.78. The zero-order valence-electron chi connectivity index (χ0n) is 11.3. The maximum Gasteiger partial charge on any atom is 0.344 e. The van der Waals surface area contributed by atoms with Gasteiger partial charge in [0.25, 0.3) is 0 Å². The van der Waals surface area contributed by atoms with Crippen molar-refractivity contribution in [1.29, 1.82) is 5.26 Å². The van der Waals surface area contributed by atoms with E-state index in [0.29, 0.717) is 17.0 Å². The van der Waals surface area contributed by atoms with E-state index in [1.54, 1.807) is 48.5 Å². The molecule has 0 aliphatic heterocycles. The van der Waals surface area contributed by atoms with Gasteiger partial charge in [0.05, 0.1) is 11.6 Å². The number of hydrogen-bond donors (Lipinski definition) is 1. The number of nitriles is 1. The smallest absolute Gasteiger partial charge is 0.344 e. The van der Waals surface area contributed by atoms with E-state index in [-0.39, 0.29) is 13.2 Å². The Bertz CT molecular complexity index is 677. The topological polar surface area (TPSA) is 85.3 Å². The third-order valence-corrected chi connectivity index (χ3v) is 2.67. The van der Waals surface area contributed by atoms with Crippen molar-refractivity contribution in [3.05, 3.63) is 59.7 Å². The zero-order valence-corrected chi connectivity index (χ0v) is 11.3. The molecule has 0 aliphatic carbocycles. The molecule has 5 nitrogen and oxygen atoms in total. The maximum atomic E-state index is 11.6. The summed E-state index contributed by atoms with van der Waals surface area (Å²) in [6, 6.07) is 15.7. The number of rotatable bonds is 5. The maximum absolute atomic E-state index is 11.6. The summed E-state index contributed by atoms with van der Waals surface area (Å²) in [6.07, 6.45) is 0. The van der Waals surface area contributed by atoms with Gasteiger partial charge < -0.3 is 15.2 Å². The van der Waals surface area contributed by atoms with Crippen molar-refractivity contribution < 1.29 is 14.3 Å². The molecule has 106 valence electrons. The molecule has 2 aromatic rings. The van der Waals surface area contributed by atoms with Gasteiger partial charge in [-0.3, -0.25) is 0 Å². The third-order valence-electron chi connectivity index (χ3n) is 2.67. The van der Waals surface area contributed by atoms with E-state index in [0.717, 1.165) is 5.56 Å². The summed E-state index contributed by atoms with van der Waals surface area (Å²) >= 11 is 0. The van der Waals surface area contributed by atoms with E-state index in [1.165, 1.54) is 0 Å². The molecule has 0 atom stereocenters. The van der Waals surface area contributed by atoms with Gasteiger partial charge in [0, 0.05) is 11.8 Å². The van der Waals surface area contributed by atoms with E-state index in [9.17, 15) is 4.79 Å². The summed E-state index contributed by atoms with van der Waals surface area (Å²) in [5.41, 5.74) is 7.45. The number of nitrogens with two attached hydrogens (primary N) is 1. The average molecular weight is 282 g/mol. The standard InChI is InChI=1S/C16H14N2O3/c17-9-12-3-1-4-13(7-12)10-21-16(19)11-20-15-6-2-5-14(18)8-15/h1-8H,10-11,18H2. The fraction of sp³-hybridized carbons (Fsp3) is 0.125. The van der Waals surface area contributed by atoms with E-state index < -0.39 is 5.97 Å². The molecule has 2 N–H and O–H groups in total. The molecule has 2 aromatic carbocycles. The molecule has 5 heteroatoms. The number of benzene rings is 2. The molecule has 0 bridgehead atoms. The van der Waals surface area contributed by atoms with Gasteiger partial charge in [0.1, 0.15) is 12.4 Å². The molecular weight excluding hydrogens is 268 g/mol. The second-order valence-corrected chi connectivity index (χ2v) is 4.33. The van der Waals surface area contributed by atoms with Crippen molar-refractivity contribution in [2.45, 2.75) is 6.61 Å². The lowest BCUT2D eigenvalue weighted by Crippen LogP contribution is -2.14. The second kappa shape index (κ2) is 6.96. The predicted molar refractivity (Wildman–Crippen MR) is 77.3 cm³/mol. The summed E-state index contributed by atoms with van der Waals surface area (Å²) in [6.45, 7) is -0.0873. The highest BCUT2D eigenvalue weighted by molar-refractivity contribution is 5.71. The number of carbonyl (C=O) groups is 1. The van der Waals surface area contributed by atoms with Crippen LogP contribution in [0, 0.1) is 11.3 Å². The van der Waals surface area contributed by atoms with Crippen LogP contribution in [-0.2, 0) is 16.1 Å². The van der Waals surface area contributed by atoms with Gasteiger partial charge in [-0.15, -0.1) is 0 Å². The van der Waals surface area contributed by atoms with Gasteiger partial charge in [-0.25, -0.2) is 4.79 Å². The first-order valence-corrected chi connectivity index (χ1v) is 6.30. The summed E-state index contributed by atoms with van der Waals surface area (Å²) in [4.78, 5) is 11.6. The van der Waals surface area contributed by atoms with Crippen molar-refractivity contribution in [2.24, 2.45) is 0 Å². The van der Waals surface area contributed by atoms with E-state index in [1.807, 2.05) is 6.07 Å². The SMILES string of the molecule is N#Cc1cccc(COC(=O)COc2cccc(N)c2)c1. The third kappa shape index (κ3) is 4.55. The van der Waals surface area contributed by atoms with Crippen LogP contribution >= 0.6 is 0 Å². The highest BCUT2D eigenvalue weighted by Crippen LogP contribution is 2.14. The molecule has 0 heterocycles. The molecule has 0 saturated heterocycles. The number of esters is 1. The quantitative estimate of drug-likeness (QED) is 0.671. The average Bonchev–Trinajstić information content (AvgIpc) is 2.51. The molecule has 0 aromatic heterocycles. The normalized spacial score (nSPS) is 9.67. The van der Waals surface area contributed by atoms with Gasteiger partial charge in [0.15, 0.2) is 6.61 Å². The Morgan fingerprint density at radius 2 is 2.00 bits per heavy atom. The lowest BCUT2D eigenvalue weighted by atomic mass is 10.1. The minimum atomic E-state index is -0.486. The van der Waals surface area contributed by atoms with Crippen molar-refractivity contribution in [3.63, 3.8) is 0 Å². The lowest BCUT2D eigenvalue weighted by Gasteiger charge is -2.07. The lowest BCUT2D eigenvalue weighted by molar-refractivity contribution is -0.147. The molecular formula is C16H14N2O3. The second-order valence-electron chi connectivity index (χ2n) is 4.33. The number of anilines is 1. The van der Waals surface area contributed by atoms with Gasteiger partial charge in [-0.1, -0.05) is 18.2 Å². The predicted octanol–water partition coefficient (Wildman–Crippen LogP) is 2.26. The first kappa shape index (κ1) is 14.4. The van der Waals surface area contributed by atoms with Crippen molar-refractivity contribution in [1.82, 2.24) is 0 Å². The van der Waals surface area contributed by atoms with Crippen LogP contribution in [0.2, 0.25) is 0 Å². The van der Waals surface area contributed by atoms with E-state index >= 15 is 0 Å². The fourth-order valence-electron chi connectivity index (χ4n) is 1.68. The Labute approximate surface area is 122 Å². The van der Waals surface area contributed by atoms with Crippen LogP contribution in [0.3, 0.4) is 0 Å². The molecule has 0 unspecified atom stereocenters. The molecule has 0 aliphatic rings. The van der Waals surface area contributed by atoms with Crippen LogP contribution in [0.4, 0.5) is 5.69 Å². The van der Waals surface area contributed by atoms with Crippen molar-refractivity contribution >= 4 is 11.7 Å². The number of carbonyl (C=O) groups excluding carboxylic acids is 1. The first-order chi connectivity index (χ1) is 10.2. The summed E-state index contributed by atoms with van der Waals surface area (Å²) < 4.78 is 10.3. The molecule has 21 heavy (non-hydrogen) atoms. The Morgan fingerprint density at radius 1 is 1.19 bits per heavy atom. The number of nitrogen functional groups attached to an aromatic ring is 1. The Morgan fingerprint density at radius 3 is 2.76 bits per heavy atom. The monoisotopic (exact) mass is 282 g/mol. The molecule has 0 radical (unpaired) electrons. The van der Waals surface area contributed by atoms with Gasteiger partial charge in [-0.05, 0) is 29.8 Å². The van der Waals surface area contributed by atoms with Crippen molar-refractivity contribution in [2.75, 3.05) is 12.3 Å². The zero-order chi connectivity index (χ0) is 15.1. The minimum absolute atomic E-state index is 0.106. The van der Waals surface area contributed by atoms with Gasteiger partial charge >= 0.3 is 5.97 Å². The molecule has 0 saturated carbocycles. The van der Waals surface area contributed by atoms with E-state index in [4.69, 9.17) is 20.5 Å². The van der Waals surface area contributed by atoms with Crippen LogP contribution < -0.4 is 10.5 Å². The van der Waals surface area contributed by atoms with Crippen LogP contribution in [0.25, 0.3) is 0 Å². The largest absolute Gasteiger partial charge is 0.482 e. The van der Waals surface area contributed by atoms with Crippen molar-refractivity contribution in [3.8, 4) is 11.8 Å². The first-order valence-electron chi connectivity index (χ1n) is 6.30. The Balaban J connectivity index is 1.81. The van der Waals surface area contributed by atoms with Crippen LogP contribution in [0.1, 0.15) is 11.1 Å². The summed E-state index contributed by atoms with van der Waals surface area (Å²) in [5.74, 6) is 0.0261. The molecule has 2 rings (SSSR count). The summed E-state index contributed by atoms with van der Waals surface area (Å²) in [5, 5.41) is 8.78. The summed E-state index contributed by atoms with van der Waals surface area (Å²) in [7, 11) is 0. The molecule has 0 amide bonds. The Hall–Kier alpha value is -3.00. The van der Waals surface area contributed by atoms with Gasteiger partial charge in [0.2, 0.25) is 0 Å². The van der Waals surface area contributed by atoms with Crippen LogP contribution in [-0.4, -0.2) is 12.6 Å². The molecule has 0 spiro atoms. The minimum Gasteiger partial charge on any atom is -0.482 e. The van der Waals surface area contributed by atoms with Gasteiger partial charge in [-0.2, -0.15) is 5.26 Å². The number of hydrogen-bond acceptors (Lipinski definition) is 5. The van der Waals surface area contributed by atoms with E-state index in [2.05, 4.69) is 0 Å². The molecule has 0 fully saturated rings.